The van der Waals surface area contributed by atoms with Crippen molar-refractivity contribution in [1.82, 2.24) is 5.32 Å². The van der Waals surface area contributed by atoms with E-state index < -0.39 is 0 Å². The van der Waals surface area contributed by atoms with Gasteiger partial charge in [-0.15, -0.1) is 0 Å². The molecule has 0 aliphatic heterocycles. The van der Waals surface area contributed by atoms with E-state index in [0.29, 0.717) is 19.4 Å². The predicted octanol–water partition coefficient (Wildman–Crippen LogP) is 3.23. The second-order valence-electron chi connectivity index (χ2n) is 5.50. The number of nitrogens with one attached hydrogen (secondary N) is 1. The molecule has 22 heavy (non-hydrogen) atoms. The fourth-order valence-electron chi connectivity index (χ4n) is 2.44. The first-order valence-electron chi connectivity index (χ1n) is 7.85. The van der Waals surface area contributed by atoms with E-state index in [-0.39, 0.29) is 18.5 Å². The fraction of sp³-hybridized carbons (Fsp3) is 0.529. The number of carbonyl (C=O) groups excluding carboxylic acids is 2. The Balaban J connectivity index is 1.53. The standard InChI is InChI=1S/C17H23NO3S/c19-16(18-10-8-14-4-2-1-3-5-14)12-21-17(20)7-6-15-9-11-22-13-15/h4,9,11,13H,1-3,5-8,10,12H2,(H,18,19). The third-order valence-corrected chi connectivity index (χ3v) is 4.45. The van der Waals surface area contributed by atoms with Crippen molar-refractivity contribution in [3.8, 4) is 0 Å². The average molecular weight is 321 g/mol. The van der Waals surface area contributed by atoms with Crippen LogP contribution in [0.4, 0.5) is 0 Å². The third kappa shape index (κ3) is 6.43. The Kier molecular flexibility index (Phi) is 7.16. The molecule has 0 saturated carbocycles. The number of hydrogen-bond donors (Lipinski definition) is 1. The molecule has 0 saturated heterocycles. The Hall–Kier alpha value is -1.62. The summed E-state index contributed by atoms with van der Waals surface area (Å²) in [4.78, 5) is 23.2. The second-order valence-corrected chi connectivity index (χ2v) is 6.28. The molecule has 120 valence electrons. The van der Waals surface area contributed by atoms with Gasteiger partial charge in [0.25, 0.3) is 5.91 Å². The summed E-state index contributed by atoms with van der Waals surface area (Å²) in [6.07, 6.45) is 8.99. The molecule has 1 heterocycles. The maximum absolute atomic E-state index is 11.6. The molecule has 0 aromatic carbocycles. The lowest BCUT2D eigenvalue weighted by Crippen LogP contribution is -2.29. The molecule has 1 aliphatic rings. The lowest BCUT2D eigenvalue weighted by molar-refractivity contribution is -0.148. The van der Waals surface area contributed by atoms with Crippen LogP contribution in [-0.4, -0.2) is 25.0 Å². The molecule has 4 nitrogen and oxygen atoms in total. The van der Waals surface area contributed by atoms with Gasteiger partial charge in [-0.05, 0) is 60.9 Å². The molecule has 2 rings (SSSR count). The lowest BCUT2D eigenvalue weighted by atomic mass is 9.97. The van der Waals surface area contributed by atoms with Gasteiger partial charge in [0.15, 0.2) is 6.61 Å². The Bertz CT molecular complexity index is 508. The summed E-state index contributed by atoms with van der Waals surface area (Å²) in [6.45, 7) is 0.443. The molecule has 5 heteroatoms. The van der Waals surface area contributed by atoms with Gasteiger partial charge in [0.05, 0.1) is 0 Å². The lowest BCUT2D eigenvalue weighted by Gasteiger charge is -2.13. The van der Waals surface area contributed by atoms with Crippen molar-refractivity contribution < 1.29 is 14.3 Å². The van der Waals surface area contributed by atoms with Crippen LogP contribution in [-0.2, 0) is 20.7 Å². The Labute approximate surface area is 135 Å². The summed E-state index contributed by atoms with van der Waals surface area (Å²) in [5, 5.41) is 6.80. The number of carbonyl (C=O) groups is 2. The molecule has 1 aliphatic carbocycles. The zero-order valence-corrected chi connectivity index (χ0v) is 13.6. The summed E-state index contributed by atoms with van der Waals surface area (Å²) < 4.78 is 4.98. The highest BCUT2D eigenvalue weighted by atomic mass is 32.1. The summed E-state index contributed by atoms with van der Waals surface area (Å²) in [6, 6.07) is 1.99. The van der Waals surface area contributed by atoms with Gasteiger partial charge >= 0.3 is 5.97 Å². The number of ether oxygens (including phenoxy) is 1. The first kappa shape index (κ1) is 16.7. The molecule has 0 spiro atoms. The number of allylic oxidation sites excluding steroid dienone is 1. The van der Waals surface area contributed by atoms with Gasteiger partial charge in [0.2, 0.25) is 0 Å². The smallest absolute Gasteiger partial charge is 0.306 e. The van der Waals surface area contributed by atoms with Crippen LogP contribution in [0.5, 0.6) is 0 Å². The van der Waals surface area contributed by atoms with Crippen LogP contribution in [0.2, 0.25) is 0 Å². The minimum absolute atomic E-state index is 0.179. The highest BCUT2D eigenvalue weighted by Crippen LogP contribution is 2.19. The second kappa shape index (κ2) is 9.41. The summed E-state index contributed by atoms with van der Waals surface area (Å²) in [5.41, 5.74) is 2.56. The molecular formula is C17H23NO3S. The fourth-order valence-corrected chi connectivity index (χ4v) is 3.15. The average Bonchev–Trinajstić information content (AvgIpc) is 3.05. The van der Waals surface area contributed by atoms with Gasteiger partial charge in [-0.2, -0.15) is 11.3 Å². The van der Waals surface area contributed by atoms with Crippen LogP contribution in [0.25, 0.3) is 0 Å². The molecule has 0 unspecified atom stereocenters. The molecular weight excluding hydrogens is 298 g/mol. The van der Waals surface area contributed by atoms with Crippen LogP contribution in [0.1, 0.15) is 44.1 Å². The summed E-state index contributed by atoms with van der Waals surface area (Å²) in [5.74, 6) is -0.545. The number of hydrogen-bond acceptors (Lipinski definition) is 4. The first-order valence-corrected chi connectivity index (χ1v) is 8.79. The van der Waals surface area contributed by atoms with E-state index in [9.17, 15) is 9.59 Å². The van der Waals surface area contributed by atoms with Crippen molar-refractivity contribution >= 4 is 23.2 Å². The van der Waals surface area contributed by atoms with Crippen molar-refractivity contribution in [3.63, 3.8) is 0 Å². The third-order valence-electron chi connectivity index (χ3n) is 3.72. The van der Waals surface area contributed by atoms with E-state index in [1.54, 1.807) is 11.3 Å². The summed E-state index contributed by atoms with van der Waals surface area (Å²) >= 11 is 1.61. The minimum Gasteiger partial charge on any atom is -0.456 e. The Morgan fingerprint density at radius 3 is 2.91 bits per heavy atom. The van der Waals surface area contributed by atoms with Gasteiger partial charge in [0, 0.05) is 13.0 Å². The van der Waals surface area contributed by atoms with Crippen LogP contribution < -0.4 is 5.32 Å². The minimum atomic E-state index is -0.323. The highest BCUT2D eigenvalue weighted by Gasteiger charge is 2.09. The maximum Gasteiger partial charge on any atom is 0.306 e. The molecule has 0 atom stereocenters. The number of thiophene rings is 1. The number of rotatable bonds is 8. The zero-order chi connectivity index (χ0) is 15.6. The Morgan fingerprint density at radius 1 is 1.27 bits per heavy atom. The molecule has 0 bridgehead atoms. The topological polar surface area (TPSA) is 55.4 Å². The van der Waals surface area contributed by atoms with E-state index >= 15 is 0 Å². The van der Waals surface area contributed by atoms with E-state index in [4.69, 9.17) is 4.74 Å². The van der Waals surface area contributed by atoms with Crippen LogP contribution in [0, 0.1) is 0 Å². The number of aryl methyl sites for hydroxylation is 1. The van der Waals surface area contributed by atoms with Gasteiger partial charge in [-0.1, -0.05) is 11.6 Å². The van der Waals surface area contributed by atoms with Gasteiger partial charge in [0.1, 0.15) is 0 Å². The number of esters is 1. The largest absolute Gasteiger partial charge is 0.456 e. The first-order chi connectivity index (χ1) is 10.7. The molecule has 1 aromatic heterocycles. The zero-order valence-electron chi connectivity index (χ0n) is 12.8. The van der Waals surface area contributed by atoms with E-state index in [1.165, 1.54) is 18.4 Å². The quantitative estimate of drug-likeness (QED) is 0.591. The van der Waals surface area contributed by atoms with Gasteiger partial charge in [-0.3, -0.25) is 9.59 Å². The van der Waals surface area contributed by atoms with Crippen molar-refractivity contribution in [3.05, 3.63) is 34.0 Å². The van der Waals surface area contributed by atoms with Crippen molar-refractivity contribution in [2.75, 3.05) is 13.2 Å². The monoisotopic (exact) mass is 321 g/mol. The normalized spacial score (nSPS) is 14.3. The molecule has 0 fully saturated rings. The van der Waals surface area contributed by atoms with E-state index in [1.807, 2.05) is 16.8 Å². The molecule has 1 N–H and O–H groups in total. The van der Waals surface area contributed by atoms with E-state index in [2.05, 4.69) is 11.4 Å². The Morgan fingerprint density at radius 2 is 2.18 bits per heavy atom. The van der Waals surface area contributed by atoms with Crippen LogP contribution >= 0.6 is 11.3 Å². The van der Waals surface area contributed by atoms with Crippen molar-refractivity contribution in [1.29, 1.82) is 0 Å². The van der Waals surface area contributed by atoms with Crippen LogP contribution in [0.3, 0.4) is 0 Å². The predicted molar refractivity (Wildman–Crippen MR) is 87.8 cm³/mol. The van der Waals surface area contributed by atoms with Gasteiger partial charge in [-0.25, -0.2) is 0 Å². The molecule has 1 amide bonds. The van der Waals surface area contributed by atoms with Gasteiger partial charge < -0.3 is 10.1 Å². The number of amides is 1. The molecule has 1 aromatic rings. The van der Waals surface area contributed by atoms with E-state index in [0.717, 1.165) is 24.8 Å². The maximum atomic E-state index is 11.6. The van der Waals surface area contributed by atoms with Crippen molar-refractivity contribution in [2.45, 2.75) is 44.9 Å². The summed E-state index contributed by atoms with van der Waals surface area (Å²) in [7, 11) is 0. The SMILES string of the molecule is O=C(COC(=O)CCc1ccsc1)NCCC1=CCCCC1. The highest BCUT2D eigenvalue weighted by molar-refractivity contribution is 7.07. The molecule has 0 radical (unpaired) electrons. The van der Waals surface area contributed by atoms with Crippen molar-refractivity contribution in [2.24, 2.45) is 0 Å². The van der Waals surface area contributed by atoms with Crippen LogP contribution in [0.15, 0.2) is 28.5 Å².